The molecule has 0 unspecified atom stereocenters. The smallest absolute Gasteiger partial charge is 0.114 e. The van der Waals surface area contributed by atoms with Crippen LogP contribution in [0.15, 0.2) is 36.5 Å². The van der Waals surface area contributed by atoms with Crippen molar-refractivity contribution in [3.05, 3.63) is 36.5 Å². The Morgan fingerprint density at radius 1 is 1.67 bits per heavy atom. The number of halogens is 1. The first-order chi connectivity index (χ1) is 4.35. The summed E-state index contributed by atoms with van der Waals surface area (Å²) in [6.07, 6.45) is 6.78. The predicted molar refractivity (Wildman–Crippen MR) is 39.1 cm³/mol. The maximum atomic E-state index is 11.8. The Kier molecular flexibility index (Phi) is 4.79. The monoisotopic (exact) mass is 126 g/mol. The number of hydrogen-bond donors (Lipinski definition) is 0. The number of alkyl halides is 1. The van der Waals surface area contributed by atoms with E-state index in [1.165, 1.54) is 0 Å². The molecule has 0 radical (unpaired) electrons. The van der Waals surface area contributed by atoms with E-state index in [4.69, 9.17) is 0 Å². The van der Waals surface area contributed by atoms with E-state index in [1.54, 1.807) is 24.3 Å². The summed E-state index contributed by atoms with van der Waals surface area (Å²) in [5.74, 6) is 0. The molecule has 0 fully saturated rings. The lowest BCUT2D eigenvalue weighted by Gasteiger charge is -1.87. The van der Waals surface area contributed by atoms with Crippen molar-refractivity contribution in [2.45, 2.75) is 6.92 Å². The summed E-state index contributed by atoms with van der Waals surface area (Å²) in [5, 5.41) is 0. The lowest BCUT2D eigenvalue weighted by atomic mass is 10.2. The summed E-state index contributed by atoms with van der Waals surface area (Å²) >= 11 is 0. The van der Waals surface area contributed by atoms with Gasteiger partial charge in [-0.05, 0) is 12.5 Å². The van der Waals surface area contributed by atoms with E-state index < -0.39 is 6.67 Å². The molecule has 0 saturated carbocycles. The van der Waals surface area contributed by atoms with Crippen molar-refractivity contribution in [3.63, 3.8) is 0 Å². The van der Waals surface area contributed by atoms with Crippen molar-refractivity contribution < 1.29 is 4.39 Å². The maximum absolute atomic E-state index is 11.8. The summed E-state index contributed by atoms with van der Waals surface area (Å²) in [6, 6.07) is 0. The van der Waals surface area contributed by atoms with Crippen LogP contribution in [0, 0.1) is 0 Å². The molecule has 0 aromatic heterocycles. The zero-order valence-corrected chi connectivity index (χ0v) is 5.60. The first kappa shape index (κ1) is 8.15. The maximum Gasteiger partial charge on any atom is 0.114 e. The molecule has 50 valence electrons. The molecule has 0 aliphatic heterocycles. The van der Waals surface area contributed by atoms with Crippen LogP contribution in [0.1, 0.15) is 6.92 Å². The average molecular weight is 126 g/mol. The third-order valence-corrected chi connectivity index (χ3v) is 0.971. The topological polar surface area (TPSA) is 0 Å². The van der Waals surface area contributed by atoms with Gasteiger partial charge in [0.05, 0.1) is 0 Å². The van der Waals surface area contributed by atoms with E-state index in [0.717, 1.165) is 0 Å². The van der Waals surface area contributed by atoms with Gasteiger partial charge >= 0.3 is 0 Å². The first-order valence-electron chi connectivity index (χ1n) is 2.85. The third kappa shape index (κ3) is 3.71. The first-order valence-corrected chi connectivity index (χ1v) is 2.85. The van der Waals surface area contributed by atoms with Gasteiger partial charge in [0.25, 0.3) is 0 Å². The van der Waals surface area contributed by atoms with Crippen LogP contribution < -0.4 is 0 Å². The zero-order chi connectivity index (χ0) is 7.11. The van der Waals surface area contributed by atoms with E-state index in [1.807, 2.05) is 6.92 Å². The van der Waals surface area contributed by atoms with Crippen molar-refractivity contribution >= 4 is 0 Å². The van der Waals surface area contributed by atoms with E-state index in [-0.39, 0.29) is 0 Å². The molecule has 0 atom stereocenters. The molecule has 0 heterocycles. The summed E-state index contributed by atoms with van der Waals surface area (Å²) in [6.45, 7) is 4.87. The highest BCUT2D eigenvalue weighted by atomic mass is 19.1. The minimum atomic E-state index is -0.402. The molecule has 0 bridgehead atoms. The second-order valence-corrected chi connectivity index (χ2v) is 1.59. The minimum absolute atomic E-state index is 0.402. The lowest BCUT2D eigenvalue weighted by molar-refractivity contribution is 0.549. The van der Waals surface area contributed by atoms with Gasteiger partial charge < -0.3 is 0 Å². The second kappa shape index (κ2) is 5.29. The molecule has 0 aromatic carbocycles. The van der Waals surface area contributed by atoms with Crippen molar-refractivity contribution in [1.82, 2.24) is 0 Å². The molecular formula is C8H11F. The molecule has 0 aromatic rings. The number of rotatable bonds is 3. The molecule has 0 saturated heterocycles. The minimum Gasteiger partial charge on any atom is -0.246 e. The van der Waals surface area contributed by atoms with Crippen molar-refractivity contribution in [2.24, 2.45) is 0 Å². The molecule has 1 heteroatoms. The van der Waals surface area contributed by atoms with Gasteiger partial charge in [-0.3, -0.25) is 0 Å². The van der Waals surface area contributed by atoms with E-state index in [9.17, 15) is 4.39 Å². The van der Waals surface area contributed by atoms with Crippen LogP contribution in [-0.4, -0.2) is 6.67 Å². The van der Waals surface area contributed by atoms with Gasteiger partial charge in [0, 0.05) is 0 Å². The molecule has 0 amide bonds. The quantitative estimate of drug-likeness (QED) is 0.510. The molecule has 0 spiro atoms. The molecule has 0 aliphatic rings. The summed E-state index contributed by atoms with van der Waals surface area (Å²) in [4.78, 5) is 0. The largest absolute Gasteiger partial charge is 0.246 e. The average Bonchev–Trinajstić information content (AvgIpc) is 1.91. The van der Waals surface area contributed by atoms with Crippen LogP contribution in [0.3, 0.4) is 0 Å². The van der Waals surface area contributed by atoms with Gasteiger partial charge in [0.15, 0.2) is 0 Å². The van der Waals surface area contributed by atoms with Crippen LogP contribution in [0.4, 0.5) is 4.39 Å². The summed E-state index contributed by atoms with van der Waals surface area (Å²) in [5.41, 5.74) is 0.690. The SMILES string of the molecule is C=C/C=C\C(=C/C)CF. The van der Waals surface area contributed by atoms with Crippen LogP contribution in [0.5, 0.6) is 0 Å². The fraction of sp³-hybridized carbons (Fsp3) is 0.250. The molecule has 0 nitrogen and oxygen atoms in total. The Bertz CT molecular complexity index is 132. The number of hydrogen-bond acceptors (Lipinski definition) is 0. The Morgan fingerprint density at radius 3 is 2.67 bits per heavy atom. The lowest BCUT2D eigenvalue weighted by Crippen LogP contribution is -1.76. The number of allylic oxidation sites excluding steroid dienone is 5. The Hall–Kier alpha value is -0.850. The van der Waals surface area contributed by atoms with Gasteiger partial charge in [-0.15, -0.1) is 0 Å². The Balaban J connectivity index is 3.84. The second-order valence-electron chi connectivity index (χ2n) is 1.59. The highest BCUT2D eigenvalue weighted by Crippen LogP contribution is 1.96. The predicted octanol–water partition coefficient (Wildman–Crippen LogP) is 2.64. The molecular weight excluding hydrogens is 115 g/mol. The van der Waals surface area contributed by atoms with Crippen LogP contribution in [0.25, 0.3) is 0 Å². The molecule has 0 rings (SSSR count). The summed E-state index contributed by atoms with van der Waals surface area (Å²) < 4.78 is 11.8. The van der Waals surface area contributed by atoms with Gasteiger partial charge in [-0.25, -0.2) is 4.39 Å². The highest BCUT2D eigenvalue weighted by molar-refractivity contribution is 5.20. The highest BCUT2D eigenvalue weighted by Gasteiger charge is 1.83. The van der Waals surface area contributed by atoms with E-state index >= 15 is 0 Å². The molecule has 0 aliphatic carbocycles. The fourth-order valence-electron chi connectivity index (χ4n) is 0.410. The van der Waals surface area contributed by atoms with E-state index in [0.29, 0.717) is 5.57 Å². The van der Waals surface area contributed by atoms with Gasteiger partial charge in [0.2, 0.25) is 0 Å². The summed E-state index contributed by atoms with van der Waals surface area (Å²) in [7, 11) is 0. The standard InChI is InChI=1S/C8H11F/c1-3-5-6-8(4-2)7-9/h3-6H,1,7H2,2H3/b6-5-,8-4+. The van der Waals surface area contributed by atoms with Crippen LogP contribution in [0.2, 0.25) is 0 Å². The zero-order valence-electron chi connectivity index (χ0n) is 5.60. The van der Waals surface area contributed by atoms with Crippen LogP contribution in [-0.2, 0) is 0 Å². The van der Waals surface area contributed by atoms with Gasteiger partial charge in [-0.2, -0.15) is 0 Å². The molecule has 0 N–H and O–H groups in total. The van der Waals surface area contributed by atoms with Crippen molar-refractivity contribution in [2.75, 3.05) is 6.67 Å². The fourth-order valence-corrected chi connectivity index (χ4v) is 0.410. The normalized spacial score (nSPS) is 12.4. The molecule has 9 heavy (non-hydrogen) atoms. The van der Waals surface area contributed by atoms with Crippen LogP contribution >= 0.6 is 0 Å². The van der Waals surface area contributed by atoms with Crippen molar-refractivity contribution in [3.8, 4) is 0 Å². The van der Waals surface area contributed by atoms with E-state index in [2.05, 4.69) is 6.58 Å². The third-order valence-electron chi connectivity index (χ3n) is 0.971. The Labute approximate surface area is 55.4 Å². The Morgan fingerprint density at radius 2 is 2.33 bits per heavy atom. The van der Waals surface area contributed by atoms with Gasteiger partial charge in [0.1, 0.15) is 6.67 Å². The van der Waals surface area contributed by atoms with Gasteiger partial charge in [-0.1, -0.05) is 30.9 Å². The van der Waals surface area contributed by atoms with Crippen molar-refractivity contribution in [1.29, 1.82) is 0 Å².